The number of thiazole rings is 1. The van der Waals surface area contributed by atoms with E-state index in [1.807, 2.05) is 17.9 Å². The van der Waals surface area contributed by atoms with Crippen LogP contribution in [0, 0.1) is 12.8 Å². The molecule has 1 aromatic heterocycles. The second-order valence-corrected chi connectivity index (χ2v) is 12.0. The fraction of sp³-hybridized carbons (Fsp3) is 0.615. The number of nitrogens with zero attached hydrogens (tertiary/aromatic N) is 3. The number of benzene rings is 1. The second-order valence-electron chi connectivity index (χ2n) is 11.0. The maximum absolute atomic E-state index is 13.4. The van der Waals surface area contributed by atoms with Crippen LogP contribution in [0.15, 0.2) is 17.6 Å². The van der Waals surface area contributed by atoms with Gasteiger partial charge in [0.1, 0.15) is 6.10 Å². The molecule has 3 fully saturated rings. The van der Waals surface area contributed by atoms with Crippen molar-refractivity contribution in [2.75, 3.05) is 26.2 Å². The Morgan fingerprint density at radius 3 is 2.91 bits per heavy atom. The first-order chi connectivity index (χ1) is 16.4. The van der Waals surface area contributed by atoms with Gasteiger partial charge in [0.05, 0.1) is 35.2 Å². The number of amides is 1. The summed E-state index contributed by atoms with van der Waals surface area (Å²) in [6.45, 7) is 4.90. The normalized spacial score (nSPS) is 33.9. The fourth-order valence-corrected chi connectivity index (χ4v) is 7.98. The minimum Gasteiger partial charge on any atom is -0.504 e. The molecular weight excluding hydrogens is 450 g/mol. The molecule has 1 aromatic carbocycles. The van der Waals surface area contributed by atoms with E-state index in [0.29, 0.717) is 25.3 Å². The molecule has 2 aromatic rings. The zero-order valence-electron chi connectivity index (χ0n) is 19.5. The number of ether oxygens (including phenoxy) is 1. The molecule has 4 atom stereocenters. The third-order valence-electron chi connectivity index (χ3n) is 9.30. The number of hydrogen-bond donors (Lipinski definition) is 2. The van der Waals surface area contributed by atoms with Crippen molar-refractivity contribution in [3.8, 4) is 11.5 Å². The first-order valence-corrected chi connectivity index (χ1v) is 13.4. The van der Waals surface area contributed by atoms with E-state index < -0.39 is 11.0 Å². The highest BCUT2D eigenvalue weighted by Crippen LogP contribution is 2.63. The van der Waals surface area contributed by atoms with Gasteiger partial charge >= 0.3 is 0 Å². The molecule has 7 rings (SSSR count). The molecule has 2 N–H and O–H groups in total. The van der Waals surface area contributed by atoms with Crippen LogP contribution in [0.25, 0.3) is 0 Å². The predicted molar refractivity (Wildman–Crippen MR) is 127 cm³/mol. The van der Waals surface area contributed by atoms with Gasteiger partial charge in [-0.1, -0.05) is 6.07 Å². The Morgan fingerprint density at radius 1 is 1.29 bits per heavy atom. The minimum absolute atomic E-state index is 0.00628. The molecule has 0 unspecified atom stereocenters. The monoisotopic (exact) mass is 481 g/mol. The maximum atomic E-state index is 13.4. The van der Waals surface area contributed by atoms with Crippen LogP contribution in [0.1, 0.15) is 47.4 Å². The molecule has 1 saturated carbocycles. The summed E-state index contributed by atoms with van der Waals surface area (Å²) in [4.78, 5) is 23.3. The Bertz CT molecular complexity index is 1180. The number of aromatic nitrogens is 1. The van der Waals surface area contributed by atoms with Crippen LogP contribution < -0.4 is 4.74 Å². The molecule has 8 heteroatoms. The van der Waals surface area contributed by atoms with Gasteiger partial charge in [-0.15, -0.1) is 11.3 Å². The Morgan fingerprint density at radius 2 is 2.15 bits per heavy atom. The predicted octanol–water partition coefficient (Wildman–Crippen LogP) is 2.40. The molecule has 3 aliphatic heterocycles. The largest absolute Gasteiger partial charge is 0.504 e. The van der Waals surface area contributed by atoms with Gasteiger partial charge in [0.2, 0.25) is 5.91 Å². The number of hydrogen-bond acceptors (Lipinski definition) is 7. The second kappa shape index (κ2) is 7.18. The molecule has 180 valence electrons. The van der Waals surface area contributed by atoms with Crippen molar-refractivity contribution < 1.29 is 19.7 Å². The van der Waals surface area contributed by atoms with E-state index >= 15 is 0 Å². The number of aryl methyl sites for hydroxylation is 1. The summed E-state index contributed by atoms with van der Waals surface area (Å²) in [5.74, 6) is 1.44. The third kappa shape index (κ3) is 2.76. The highest BCUT2D eigenvalue weighted by atomic mass is 32.1. The van der Waals surface area contributed by atoms with Crippen LogP contribution in [0.3, 0.4) is 0 Å². The van der Waals surface area contributed by atoms with E-state index in [1.54, 1.807) is 22.9 Å². The SMILES string of the molecule is Cc1scnc1CC(=O)N1CC[C@@]2(O)[C@H]3Cc4ccc(O)c5c4[C@@]2(CCN3CC2CC2)[C@H](C1)O5. The molecule has 7 nitrogen and oxygen atoms in total. The molecule has 2 saturated heterocycles. The molecule has 1 amide bonds. The van der Waals surface area contributed by atoms with Crippen molar-refractivity contribution in [3.63, 3.8) is 0 Å². The smallest absolute Gasteiger partial charge is 0.228 e. The number of phenolic OH excluding ortho intramolecular Hbond substituents is 1. The average molecular weight is 482 g/mol. The molecule has 2 bridgehead atoms. The molecule has 5 aliphatic rings. The number of phenols is 1. The number of likely N-dealkylation sites (tertiary alicyclic amines) is 2. The maximum Gasteiger partial charge on any atom is 0.228 e. The number of rotatable bonds is 4. The summed E-state index contributed by atoms with van der Waals surface area (Å²) in [7, 11) is 0. The van der Waals surface area contributed by atoms with E-state index in [1.165, 1.54) is 18.4 Å². The van der Waals surface area contributed by atoms with E-state index in [2.05, 4.69) is 9.88 Å². The Balaban J connectivity index is 1.30. The quantitative estimate of drug-likeness (QED) is 0.698. The zero-order valence-corrected chi connectivity index (χ0v) is 20.3. The lowest BCUT2D eigenvalue weighted by Crippen LogP contribution is -2.74. The molecule has 1 spiro atoms. The molecule has 34 heavy (non-hydrogen) atoms. The highest BCUT2D eigenvalue weighted by molar-refractivity contribution is 7.09. The zero-order chi connectivity index (χ0) is 23.2. The van der Waals surface area contributed by atoms with Crippen molar-refractivity contribution in [3.05, 3.63) is 39.3 Å². The van der Waals surface area contributed by atoms with Gasteiger partial charge in [-0.2, -0.15) is 0 Å². The van der Waals surface area contributed by atoms with Gasteiger partial charge < -0.3 is 19.8 Å². The van der Waals surface area contributed by atoms with Gasteiger partial charge in [0.15, 0.2) is 11.5 Å². The van der Waals surface area contributed by atoms with Gasteiger partial charge in [-0.25, -0.2) is 4.98 Å². The number of aromatic hydroxyl groups is 1. The van der Waals surface area contributed by atoms with Gasteiger partial charge in [-0.05, 0) is 63.1 Å². The lowest BCUT2D eigenvalue weighted by atomic mass is 9.52. The van der Waals surface area contributed by atoms with Gasteiger partial charge in [0, 0.05) is 29.6 Å². The van der Waals surface area contributed by atoms with E-state index in [-0.39, 0.29) is 30.2 Å². The van der Waals surface area contributed by atoms with Crippen molar-refractivity contribution in [1.29, 1.82) is 0 Å². The average Bonchev–Trinajstić information content (AvgIpc) is 3.47. The lowest BCUT2D eigenvalue weighted by molar-refractivity contribution is -0.162. The Labute approximate surface area is 203 Å². The Hall–Kier alpha value is -2.16. The molecule has 0 radical (unpaired) electrons. The van der Waals surface area contributed by atoms with E-state index in [0.717, 1.165) is 48.0 Å². The summed E-state index contributed by atoms with van der Waals surface area (Å²) in [6.07, 6.45) is 4.54. The van der Waals surface area contributed by atoms with Crippen molar-refractivity contribution in [1.82, 2.24) is 14.8 Å². The van der Waals surface area contributed by atoms with E-state index in [4.69, 9.17) is 4.74 Å². The van der Waals surface area contributed by atoms with Crippen LogP contribution in [0.4, 0.5) is 0 Å². The topological polar surface area (TPSA) is 86.1 Å². The lowest BCUT2D eigenvalue weighted by Gasteiger charge is -2.60. The number of carbonyl (C=O) groups excluding carboxylic acids is 1. The summed E-state index contributed by atoms with van der Waals surface area (Å²) in [5, 5.41) is 23.3. The van der Waals surface area contributed by atoms with Gasteiger partial charge in [-0.3, -0.25) is 9.69 Å². The number of carbonyl (C=O) groups is 1. The number of aliphatic hydroxyl groups is 1. The summed E-state index contributed by atoms with van der Waals surface area (Å²) < 4.78 is 6.49. The molecule has 4 heterocycles. The summed E-state index contributed by atoms with van der Waals surface area (Å²) in [6, 6.07) is 3.76. The Kier molecular flexibility index (Phi) is 4.47. The van der Waals surface area contributed by atoms with Crippen molar-refractivity contribution in [2.45, 2.75) is 68.6 Å². The highest BCUT2D eigenvalue weighted by Gasteiger charge is 2.71. The van der Waals surface area contributed by atoms with Crippen LogP contribution >= 0.6 is 11.3 Å². The van der Waals surface area contributed by atoms with Crippen LogP contribution in [-0.2, 0) is 23.1 Å². The van der Waals surface area contributed by atoms with E-state index in [9.17, 15) is 15.0 Å². The van der Waals surface area contributed by atoms with Crippen LogP contribution in [0.5, 0.6) is 11.5 Å². The summed E-state index contributed by atoms with van der Waals surface area (Å²) in [5.41, 5.74) is 3.22. The minimum atomic E-state index is -0.998. The molecular formula is C26H31N3O4S. The van der Waals surface area contributed by atoms with Crippen molar-refractivity contribution >= 4 is 17.2 Å². The van der Waals surface area contributed by atoms with Gasteiger partial charge in [0.25, 0.3) is 0 Å². The summed E-state index contributed by atoms with van der Waals surface area (Å²) >= 11 is 1.56. The first kappa shape index (κ1) is 21.1. The number of piperidine rings is 1. The van der Waals surface area contributed by atoms with Crippen LogP contribution in [0.2, 0.25) is 0 Å². The standard InChI is InChI=1S/C26H31N3O4S/c1-15-18(27-14-34-15)11-22(31)29-9-7-26(32)20-10-17-4-5-19(30)24-23(17)25(26,21(13-29)33-24)6-8-28(20)12-16-2-3-16/h4-5,14,16,20-21,30,32H,2-3,6-13H2,1H3/t20-,21+,25-,26-/m1/s1. The van der Waals surface area contributed by atoms with Crippen LogP contribution in [-0.4, -0.2) is 74.8 Å². The first-order valence-electron chi connectivity index (χ1n) is 12.6. The fourth-order valence-electron chi connectivity index (χ4n) is 7.38. The third-order valence-corrected chi connectivity index (χ3v) is 10.1. The molecule has 2 aliphatic carbocycles. The van der Waals surface area contributed by atoms with Crippen molar-refractivity contribution in [2.24, 2.45) is 5.92 Å².